The van der Waals surface area contributed by atoms with Gasteiger partial charge in [-0.2, -0.15) is 9.40 Å². The fourth-order valence-corrected chi connectivity index (χ4v) is 4.13. The van der Waals surface area contributed by atoms with Gasteiger partial charge in [-0.15, -0.1) is 11.6 Å². The molecule has 1 aromatic rings. The SMILES string of the molecule is Cn1nccc1S(=O)(=O)N1CC(CCl)OC(C)(C)C1. The van der Waals surface area contributed by atoms with E-state index in [1.807, 2.05) is 13.8 Å². The molecule has 0 spiro atoms. The lowest BCUT2D eigenvalue weighted by Crippen LogP contribution is -2.55. The van der Waals surface area contributed by atoms with E-state index in [4.69, 9.17) is 16.3 Å². The fourth-order valence-electron chi connectivity index (χ4n) is 2.25. The summed E-state index contributed by atoms with van der Waals surface area (Å²) in [6.45, 7) is 4.28. The number of hydrogen-bond acceptors (Lipinski definition) is 4. The molecule has 1 unspecified atom stereocenters. The second-order valence-electron chi connectivity index (χ2n) is 5.24. The molecule has 0 aromatic carbocycles. The lowest BCUT2D eigenvalue weighted by molar-refractivity contribution is -0.108. The highest BCUT2D eigenvalue weighted by atomic mass is 35.5. The van der Waals surface area contributed by atoms with E-state index < -0.39 is 15.6 Å². The first-order valence-corrected chi connectivity index (χ1v) is 7.96. The van der Waals surface area contributed by atoms with Crippen LogP contribution in [0, 0.1) is 0 Å². The van der Waals surface area contributed by atoms with Crippen molar-refractivity contribution in [2.45, 2.75) is 30.6 Å². The standard InChI is InChI=1S/C11H18ClN3O3S/c1-11(2)8-15(7-9(6-12)18-11)19(16,17)10-4-5-13-14(10)3/h4-5,9H,6-8H2,1-3H3. The van der Waals surface area contributed by atoms with Crippen LogP contribution in [0.1, 0.15) is 13.8 Å². The van der Waals surface area contributed by atoms with Crippen LogP contribution in [0.3, 0.4) is 0 Å². The zero-order chi connectivity index (χ0) is 14.3. The third-order valence-corrected chi connectivity index (χ3v) is 5.23. The summed E-state index contributed by atoms with van der Waals surface area (Å²) >= 11 is 5.82. The molecule has 19 heavy (non-hydrogen) atoms. The molecule has 2 rings (SSSR count). The average Bonchev–Trinajstić information content (AvgIpc) is 2.74. The molecule has 0 aliphatic carbocycles. The number of alkyl halides is 1. The zero-order valence-corrected chi connectivity index (χ0v) is 12.8. The van der Waals surface area contributed by atoms with Gasteiger partial charge < -0.3 is 4.74 Å². The molecule has 1 atom stereocenters. The van der Waals surface area contributed by atoms with Crippen molar-refractivity contribution < 1.29 is 13.2 Å². The predicted octanol–water partition coefficient (Wildman–Crippen LogP) is 0.827. The highest BCUT2D eigenvalue weighted by molar-refractivity contribution is 7.89. The molecule has 0 bridgehead atoms. The minimum atomic E-state index is -3.57. The van der Waals surface area contributed by atoms with Crippen LogP contribution >= 0.6 is 11.6 Å². The number of aryl methyl sites for hydroxylation is 1. The van der Waals surface area contributed by atoms with E-state index in [2.05, 4.69) is 5.10 Å². The zero-order valence-electron chi connectivity index (χ0n) is 11.2. The van der Waals surface area contributed by atoms with Gasteiger partial charge in [0.05, 0.1) is 17.9 Å². The molecule has 8 heteroatoms. The van der Waals surface area contributed by atoms with Crippen molar-refractivity contribution in [3.05, 3.63) is 12.3 Å². The number of nitrogens with zero attached hydrogens (tertiary/aromatic N) is 3. The monoisotopic (exact) mass is 307 g/mol. The molecule has 108 valence electrons. The summed E-state index contributed by atoms with van der Waals surface area (Å²) < 4.78 is 33.7. The highest BCUT2D eigenvalue weighted by Gasteiger charge is 2.39. The predicted molar refractivity (Wildman–Crippen MR) is 71.6 cm³/mol. The van der Waals surface area contributed by atoms with E-state index in [0.29, 0.717) is 6.54 Å². The van der Waals surface area contributed by atoms with Crippen molar-refractivity contribution in [1.82, 2.24) is 14.1 Å². The topological polar surface area (TPSA) is 64.4 Å². The van der Waals surface area contributed by atoms with Gasteiger partial charge in [-0.25, -0.2) is 8.42 Å². The van der Waals surface area contributed by atoms with E-state index >= 15 is 0 Å². The summed E-state index contributed by atoms with van der Waals surface area (Å²) in [4.78, 5) is 0. The van der Waals surface area contributed by atoms with E-state index in [9.17, 15) is 8.42 Å². The Balaban J connectivity index is 2.33. The maximum Gasteiger partial charge on any atom is 0.260 e. The van der Waals surface area contributed by atoms with Gasteiger partial charge in [-0.3, -0.25) is 4.68 Å². The van der Waals surface area contributed by atoms with Crippen LogP contribution in [-0.2, 0) is 21.8 Å². The average molecular weight is 308 g/mol. The van der Waals surface area contributed by atoms with Gasteiger partial charge in [0.15, 0.2) is 5.03 Å². The quantitative estimate of drug-likeness (QED) is 0.776. The second-order valence-corrected chi connectivity index (χ2v) is 7.44. The van der Waals surface area contributed by atoms with E-state index in [0.717, 1.165) is 0 Å². The minimum absolute atomic E-state index is 0.179. The Labute approximate surface area is 118 Å². The molecular weight excluding hydrogens is 290 g/mol. The molecule has 1 aromatic heterocycles. The second kappa shape index (κ2) is 5.05. The van der Waals surface area contributed by atoms with Crippen molar-refractivity contribution in [2.75, 3.05) is 19.0 Å². The summed E-state index contributed by atoms with van der Waals surface area (Å²) in [6, 6.07) is 1.49. The van der Waals surface area contributed by atoms with Gasteiger partial charge >= 0.3 is 0 Å². The number of sulfonamides is 1. The number of morpholine rings is 1. The van der Waals surface area contributed by atoms with Crippen LogP contribution in [0.5, 0.6) is 0 Å². The molecule has 0 amide bonds. The third kappa shape index (κ3) is 2.94. The Morgan fingerprint density at radius 3 is 2.79 bits per heavy atom. The molecular formula is C11H18ClN3O3S. The van der Waals surface area contributed by atoms with E-state index in [1.165, 1.54) is 21.3 Å². The van der Waals surface area contributed by atoms with Crippen LogP contribution in [-0.4, -0.2) is 53.2 Å². The van der Waals surface area contributed by atoms with Crippen LogP contribution in [0.25, 0.3) is 0 Å². The summed E-state index contributed by atoms with van der Waals surface area (Å²) in [6.07, 6.45) is 1.17. The first-order valence-electron chi connectivity index (χ1n) is 5.98. The number of ether oxygens (including phenoxy) is 1. The van der Waals surface area contributed by atoms with Crippen LogP contribution in [0.4, 0.5) is 0 Å². The molecule has 1 fully saturated rings. The Kier molecular flexibility index (Phi) is 3.92. The van der Waals surface area contributed by atoms with Crippen molar-refractivity contribution >= 4 is 21.6 Å². The Bertz CT molecular complexity index is 555. The summed E-state index contributed by atoms with van der Waals surface area (Å²) in [5.41, 5.74) is -0.552. The van der Waals surface area contributed by atoms with Crippen LogP contribution in [0.15, 0.2) is 17.3 Å². The van der Waals surface area contributed by atoms with Crippen LogP contribution in [0.2, 0.25) is 0 Å². The third-order valence-electron chi connectivity index (χ3n) is 3.00. The fraction of sp³-hybridized carbons (Fsp3) is 0.727. The maximum atomic E-state index is 12.6. The van der Waals surface area contributed by atoms with Crippen molar-refractivity contribution in [3.8, 4) is 0 Å². The molecule has 0 saturated carbocycles. The minimum Gasteiger partial charge on any atom is -0.368 e. The molecule has 6 nitrogen and oxygen atoms in total. The van der Waals surface area contributed by atoms with Gasteiger partial charge in [-0.05, 0) is 19.9 Å². The number of aromatic nitrogens is 2. The van der Waals surface area contributed by atoms with Crippen molar-refractivity contribution in [1.29, 1.82) is 0 Å². The Morgan fingerprint density at radius 2 is 2.26 bits per heavy atom. The summed E-state index contributed by atoms with van der Waals surface area (Å²) in [7, 11) is -1.96. The van der Waals surface area contributed by atoms with E-state index in [-0.39, 0.29) is 23.6 Å². The summed E-state index contributed by atoms with van der Waals surface area (Å²) in [5.74, 6) is 0.265. The molecule has 1 saturated heterocycles. The largest absolute Gasteiger partial charge is 0.368 e. The maximum absolute atomic E-state index is 12.6. The summed E-state index contributed by atoms with van der Waals surface area (Å²) in [5, 5.41) is 4.09. The Morgan fingerprint density at radius 1 is 1.58 bits per heavy atom. The van der Waals surface area contributed by atoms with Gasteiger partial charge in [0.25, 0.3) is 10.0 Å². The van der Waals surface area contributed by atoms with Crippen LogP contribution < -0.4 is 0 Å². The van der Waals surface area contributed by atoms with Gasteiger partial charge in [0.1, 0.15) is 0 Å². The molecule has 0 radical (unpaired) electrons. The number of hydrogen-bond donors (Lipinski definition) is 0. The lowest BCUT2D eigenvalue weighted by Gasteiger charge is -2.41. The molecule has 0 N–H and O–H groups in total. The Hall–Kier alpha value is -0.630. The van der Waals surface area contributed by atoms with Gasteiger partial charge in [0.2, 0.25) is 0 Å². The number of halogens is 1. The van der Waals surface area contributed by atoms with E-state index in [1.54, 1.807) is 7.05 Å². The number of rotatable bonds is 3. The highest BCUT2D eigenvalue weighted by Crippen LogP contribution is 2.26. The van der Waals surface area contributed by atoms with Crippen molar-refractivity contribution in [2.24, 2.45) is 7.05 Å². The molecule has 2 heterocycles. The molecule has 1 aliphatic rings. The normalized spacial score (nSPS) is 24.5. The van der Waals surface area contributed by atoms with Gasteiger partial charge in [0, 0.05) is 26.0 Å². The van der Waals surface area contributed by atoms with Gasteiger partial charge in [-0.1, -0.05) is 0 Å². The molecule has 1 aliphatic heterocycles. The lowest BCUT2D eigenvalue weighted by atomic mass is 10.1. The first-order chi connectivity index (χ1) is 8.76. The van der Waals surface area contributed by atoms with Crippen molar-refractivity contribution in [3.63, 3.8) is 0 Å². The first kappa shape index (κ1) is 14.8. The smallest absolute Gasteiger partial charge is 0.260 e.